The lowest BCUT2D eigenvalue weighted by Gasteiger charge is -2.32. The minimum atomic E-state index is 0.370. The maximum Gasteiger partial charge on any atom is 0.123 e. The van der Waals surface area contributed by atoms with Gasteiger partial charge in [-0.1, -0.05) is 13.0 Å². The molecule has 4 nitrogen and oxygen atoms in total. The van der Waals surface area contributed by atoms with Gasteiger partial charge < -0.3 is 14.8 Å². The van der Waals surface area contributed by atoms with Crippen LogP contribution in [0.1, 0.15) is 30.9 Å². The molecule has 1 saturated heterocycles. The second kappa shape index (κ2) is 8.37. The Morgan fingerprint density at radius 2 is 2.19 bits per heavy atom. The van der Waals surface area contributed by atoms with E-state index >= 15 is 0 Å². The van der Waals surface area contributed by atoms with Gasteiger partial charge in [-0.15, -0.1) is 0 Å². The van der Waals surface area contributed by atoms with E-state index in [1.165, 1.54) is 24.0 Å². The van der Waals surface area contributed by atoms with Crippen molar-refractivity contribution in [2.24, 2.45) is 0 Å². The van der Waals surface area contributed by atoms with Gasteiger partial charge in [0.2, 0.25) is 0 Å². The molecule has 1 aliphatic rings. The van der Waals surface area contributed by atoms with Gasteiger partial charge in [-0.25, -0.2) is 0 Å². The Hall–Kier alpha value is -1.10. The maximum absolute atomic E-state index is 5.52. The summed E-state index contributed by atoms with van der Waals surface area (Å²) in [4.78, 5) is 2.46. The molecule has 0 aromatic heterocycles. The Morgan fingerprint density at radius 1 is 1.33 bits per heavy atom. The van der Waals surface area contributed by atoms with E-state index in [0.29, 0.717) is 6.10 Å². The van der Waals surface area contributed by atoms with E-state index in [1.54, 1.807) is 7.11 Å². The summed E-state index contributed by atoms with van der Waals surface area (Å²) >= 11 is 0. The van der Waals surface area contributed by atoms with Crippen LogP contribution >= 0.6 is 0 Å². The van der Waals surface area contributed by atoms with Crippen molar-refractivity contribution in [3.8, 4) is 5.75 Å². The van der Waals surface area contributed by atoms with Crippen LogP contribution in [0.15, 0.2) is 18.2 Å². The highest BCUT2D eigenvalue weighted by atomic mass is 16.5. The van der Waals surface area contributed by atoms with Crippen LogP contribution in [0.5, 0.6) is 5.75 Å². The maximum atomic E-state index is 5.52. The summed E-state index contributed by atoms with van der Waals surface area (Å²) in [5, 5.41) is 3.37. The Bertz CT molecular complexity index is 437. The molecule has 1 aliphatic heterocycles. The first-order valence-electron chi connectivity index (χ1n) is 7.88. The second-order valence-electron chi connectivity index (χ2n) is 5.66. The Balaban J connectivity index is 2.05. The number of ether oxygens (including phenoxy) is 2. The molecule has 1 N–H and O–H groups in total. The molecule has 1 fully saturated rings. The van der Waals surface area contributed by atoms with Crippen molar-refractivity contribution in [3.63, 3.8) is 0 Å². The van der Waals surface area contributed by atoms with Crippen LogP contribution in [-0.2, 0) is 17.8 Å². The number of nitrogens with one attached hydrogen (secondary N) is 1. The minimum absolute atomic E-state index is 0.370. The highest BCUT2D eigenvalue weighted by Gasteiger charge is 2.20. The van der Waals surface area contributed by atoms with Crippen molar-refractivity contribution < 1.29 is 9.47 Å². The highest BCUT2D eigenvalue weighted by molar-refractivity contribution is 5.37. The zero-order valence-electron chi connectivity index (χ0n) is 13.5. The number of hydrogen-bond donors (Lipinski definition) is 1. The predicted molar refractivity (Wildman–Crippen MR) is 85.7 cm³/mol. The fourth-order valence-corrected chi connectivity index (χ4v) is 2.92. The van der Waals surface area contributed by atoms with Gasteiger partial charge in [-0.3, -0.25) is 4.90 Å². The molecule has 1 atom stereocenters. The molecule has 1 aromatic carbocycles. The van der Waals surface area contributed by atoms with Crippen LogP contribution < -0.4 is 10.1 Å². The van der Waals surface area contributed by atoms with Crippen LogP contribution in [0.25, 0.3) is 0 Å². The zero-order chi connectivity index (χ0) is 15.1. The van der Waals surface area contributed by atoms with E-state index in [-0.39, 0.29) is 0 Å². The molecule has 0 radical (unpaired) electrons. The summed E-state index contributed by atoms with van der Waals surface area (Å²) in [6.45, 7) is 7.11. The van der Waals surface area contributed by atoms with Crippen molar-refractivity contribution in [1.29, 1.82) is 0 Å². The summed E-state index contributed by atoms with van der Waals surface area (Å²) in [5.41, 5.74) is 2.58. The molecule has 0 saturated carbocycles. The smallest absolute Gasteiger partial charge is 0.123 e. The van der Waals surface area contributed by atoms with Crippen LogP contribution in [-0.4, -0.2) is 44.9 Å². The summed E-state index contributed by atoms with van der Waals surface area (Å²) in [6, 6.07) is 6.48. The molecule has 1 heterocycles. The van der Waals surface area contributed by atoms with Gasteiger partial charge >= 0.3 is 0 Å². The third kappa shape index (κ3) is 4.70. The molecular formula is C17H28N2O2. The molecule has 4 heteroatoms. The van der Waals surface area contributed by atoms with Gasteiger partial charge in [0.05, 0.1) is 13.2 Å². The molecule has 0 amide bonds. The van der Waals surface area contributed by atoms with Crippen molar-refractivity contribution >= 4 is 0 Å². The number of benzene rings is 1. The minimum Gasteiger partial charge on any atom is -0.496 e. The SMILES string of the molecule is CCNCc1ccc(OC)c(CN2CCCC(OC)C2)c1. The van der Waals surface area contributed by atoms with E-state index in [0.717, 1.165) is 38.5 Å². The predicted octanol–water partition coefficient (Wildman–Crippen LogP) is 2.42. The molecule has 2 rings (SSSR count). The van der Waals surface area contributed by atoms with Gasteiger partial charge in [0.1, 0.15) is 5.75 Å². The van der Waals surface area contributed by atoms with E-state index < -0.39 is 0 Å². The topological polar surface area (TPSA) is 33.7 Å². The molecule has 118 valence electrons. The molecule has 0 bridgehead atoms. The average Bonchev–Trinajstić information content (AvgIpc) is 2.53. The van der Waals surface area contributed by atoms with Crippen molar-refractivity contribution in [2.75, 3.05) is 33.9 Å². The summed E-state index contributed by atoms with van der Waals surface area (Å²) in [6.07, 6.45) is 2.75. The third-order valence-corrected chi connectivity index (χ3v) is 4.11. The number of likely N-dealkylation sites (tertiary alicyclic amines) is 1. The number of methoxy groups -OCH3 is 2. The number of piperidine rings is 1. The van der Waals surface area contributed by atoms with Gasteiger partial charge in [0.15, 0.2) is 0 Å². The number of rotatable bonds is 7. The van der Waals surface area contributed by atoms with E-state index in [4.69, 9.17) is 9.47 Å². The zero-order valence-corrected chi connectivity index (χ0v) is 13.5. The summed E-state index contributed by atoms with van der Waals surface area (Å²) in [7, 11) is 3.56. The summed E-state index contributed by atoms with van der Waals surface area (Å²) in [5.74, 6) is 0.981. The Morgan fingerprint density at radius 3 is 2.90 bits per heavy atom. The molecular weight excluding hydrogens is 264 g/mol. The first kappa shape index (κ1) is 16.3. The highest BCUT2D eigenvalue weighted by Crippen LogP contribution is 2.23. The fourth-order valence-electron chi connectivity index (χ4n) is 2.92. The monoisotopic (exact) mass is 292 g/mol. The van der Waals surface area contributed by atoms with Gasteiger partial charge in [0.25, 0.3) is 0 Å². The molecule has 0 spiro atoms. The van der Waals surface area contributed by atoms with E-state index in [9.17, 15) is 0 Å². The quantitative estimate of drug-likeness (QED) is 0.837. The third-order valence-electron chi connectivity index (χ3n) is 4.11. The largest absolute Gasteiger partial charge is 0.496 e. The van der Waals surface area contributed by atoms with Gasteiger partial charge in [0, 0.05) is 32.3 Å². The fraction of sp³-hybridized carbons (Fsp3) is 0.647. The Kier molecular flexibility index (Phi) is 6.49. The van der Waals surface area contributed by atoms with Gasteiger partial charge in [-0.05, 0) is 43.6 Å². The van der Waals surface area contributed by atoms with Gasteiger partial charge in [-0.2, -0.15) is 0 Å². The van der Waals surface area contributed by atoms with Crippen molar-refractivity contribution in [3.05, 3.63) is 29.3 Å². The molecule has 1 unspecified atom stereocenters. The first-order valence-corrected chi connectivity index (χ1v) is 7.88. The van der Waals surface area contributed by atoms with E-state index in [2.05, 4.69) is 35.3 Å². The molecule has 0 aliphatic carbocycles. The average molecular weight is 292 g/mol. The molecule has 21 heavy (non-hydrogen) atoms. The Labute approximate surface area is 128 Å². The van der Waals surface area contributed by atoms with Crippen LogP contribution in [0.3, 0.4) is 0 Å². The lowest BCUT2D eigenvalue weighted by atomic mass is 10.0. The lowest BCUT2D eigenvalue weighted by Crippen LogP contribution is -2.38. The number of nitrogens with zero attached hydrogens (tertiary/aromatic N) is 1. The van der Waals surface area contributed by atoms with Crippen LogP contribution in [0, 0.1) is 0 Å². The second-order valence-corrected chi connectivity index (χ2v) is 5.66. The normalized spacial score (nSPS) is 19.7. The number of hydrogen-bond acceptors (Lipinski definition) is 4. The lowest BCUT2D eigenvalue weighted by molar-refractivity contribution is 0.0283. The van der Waals surface area contributed by atoms with Crippen LogP contribution in [0.4, 0.5) is 0 Å². The van der Waals surface area contributed by atoms with Crippen LogP contribution in [0.2, 0.25) is 0 Å². The molecule has 1 aromatic rings. The summed E-state index contributed by atoms with van der Waals surface area (Å²) < 4.78 is 11.0. The van der Waals surface area contributed by atoms with E-state index in [1.807, 2.05) is 7.11 Å². The first-order chi connectivity index (χ1) is 10.3. The van der Waals surface area contributed by atoms with Crippen molar-refractivity contribution in [2.45, 2.75) is 39.0 Å². The van der Waals surface area contributed by atoms with Crippen molar-refractivity contribution in [1.82, 2.24) is 10.2 Å². The standard InChI is InChI=1S/C17H28N2O2/c1-4-18-11-14-7-8-17(21-3)15(10-14)12-19-9-5-6-16(13-19)20-2/h7-8,10,16,18H,4-6,9,11-13H2,1-3H3.